The second-order valence-electron chi connectivity index (χ2n) is 8.64. The average Bonchev–Trinajstić information content (AvgIpc) is 3.38. The van der Waals surface area contributed by atoms with Crippen LogP contribution in [0.4, 0.5) is 0 Å². The number of carbonyl (C=O) groups is 2. The zero-order valence-electron chi connectivity index (χ0n) is 19.9. The van der Waals surface area contributed by atoms with Gasteiger partial charge >= 0.3 is 0 Å². The first kappa shape index (κ1) is 24.9. The first-order chi connectivity index (χ1) is 17.2. The van der Waals surface area contributed by atoms with Gasteiger partial charge in [-0.3, -0.25) is 14.5 Å². The SMILES string of the molecule is O=C1CN(Cc2ccccc2)Cc2ccc(C(=O)NCCc3nccs3)cc2OCCCCCN1. The van der Waals surface area contributed by atoms with Crippen LogP contribution in [0.5, 0.6) is 5.75 Å². The van der Waals surface area contributed by atoms with Crippen LogP contribution in [0.15, 0.2) is 60.1 Å². The predicted octanol–water partition coefficient (Wildman–Crippen LogP) is 3.80. The Hall–Kier alpha value is -3.23. The molecule has 3 aromatic rings. The number of carbonyl (C=O) groups excluding carboxylic acids is 2. The number of amides is 2. The fraction of sp³-hybridized carbons (Fsp3) is 0.370. The van der Waals surface area contributed by atoms with Crippen molar-refractivity contribution in [2.75, 3.05) is 26.2 Å². The molecular formula is C27H32N4O3S. The Labute approximate surface area is 210 Å². The second-order valence-corrected chi connectivity index (χ2v) is 9.62. The van der Waals surface area contributed by atoms with E-state index in [0.717, 1.165) is 35.4 Å². The molecule has 184 valence electrons. The highest BCUT2D eigenvalue weighted by Crippen LogP contribution is 2.24. The van der Waals surface area contributed by atoms with Gasteiger partial charge in [-0.05, 0) is 37.0 Å². The van der Waals surface area contributed by atoms with E-state index in [2.05, 4.69) is 32.7 Å². The summed E-state index contributed by atoms with van der Waals surface area (Å²) < 4.78 is 6.16. The van der Waals surface area contributed by atoms with E-state index in [1.54, 1.807) is 17.5 Å². The maximum atomic E-state index is 12.8. The van der Waals surface area contributed by atoms with Crippen LogP contribution in [0.1, 0.15) is 45.8 Å². The molecule has 0 saturated carbocycles. The highest BCUT2D eigenvalue weighted by molar-refractivity contribution is 7.09. The number of hydrogen-bond donors (Lipinski definition) is 2. The summed E-state index contributed by atoms with van der Waals surface area (Å²) in [6, 6.07) is 15.7. The molecule has 0 fully saturated rings. The summed E-state index contributed by atoms with van der Waals surface area (Å²) >= 11 is 1.59. The van der Waals surface area contributed by atoms with Crippen LogP contribution in [0.2, 0.25) is 0 Å². The van der Waals surface area contributed by atoms with Crippen molar-refractivity contribution in [3.05, 3.63) is 81.8 Å². The van der Waals surface area contributed by atoms with E-state index >= 15 is 0 Å². The molecule has 1 aromatic heterocycles. The number of fused-ring (bicyclic) bond motifs is 1. The fourth-order valence-electron chi connectivity index (χ4n) is 4.05. The zero-order chi connectivity index (χ0) is 24.3. The highest BCUT2D eigenvalue weighted by atomic mass is 32.1. The van der Waals surface area contributed by atoms with Crippen molar-refractivity contribution in [1.82, 2.24) is 20.5 Å². The molecule has 2 heterocycles. The normalized spacial score (nSPS) is 15.5. The fourth-order valence-corrected chi connectivity index (χ4v) is 4.67. The minimum atomic E-state index is -0.128. The van der Waals surface area contributed by atoms with Crippen LogP contribution < -0.4 is 15.4 Å². The van der Waals surface area contributed by atoms with Gasteiger partial charge in [-0.1, -0.05) is 36.4 Å². The van der Waals surface area contributed by atoms with E-state index in [1.165, 1.54) is 0 Å². The first-order valence-corrected chi connectivity index (χ1v) is 13.0. The van der Waals surface area contributed by atoms with Gasteiger partial charge < -0.3 is 15.4 Å². The van der Waals surface area contributed by atoms with Crippen LogP contribution >= 0.6 is 11.3 Å². The molecule has 4 rings (SSSR count). The topological polar surface area (TPSA) is 83.6 Å². The van der Waals surface area contributed by atoms with Gasteiger partial charge in [0.05, 0.1) is 18.2 Å². The maximum Gasteiger partial charge on any atom is 0.251 e. The monoisotopic (exact) mass is 492 g/mol. The van der Waals surface area contributed by atoms with Gasteiger partial charge in [-0.15, -0.1) is 11.3 Å². The Bertz CT molecular complexity index is 1090. The minimum Gasteiger partial charge on any atom is -0.493 e. The molecule has 0 atom stereocenters. The minimum absolute atomic E-state index is 0.0267. The summed E-state index contributed by atoms with van der Waals surface area (Å²) in [4.78, 5) is 31.7. The molecule has 0 bridgehead atoms. The lowest BCUT2D eigenvalue weighted by atomic mass is 10.1. The molecule has 35 heavy (non-hydrogen) atoms. The Balaban J connectivity index is 1.50. The third-order valence-electron chi connectivity index (χ3n) is 5.85. The smallest absolute Gasteiger partial charge is 0.251 e. The quantitative estimate of drug-likeness (QED) is 0.547. The molecule has 2 amide bonds. The van der Waals surface area contributed by atoms with Crippen molar-refractivity contribution in [1.29, 1.82) is 0 Å². The van der Waals surface area contributed by atoms with Crippen LogP contribution in [0.25, 0.3) is 0 Å². The van der Waals surface area contributed by atoms with Crippen molar-refractivity contribution < 1.29 is 14.3 Å². The van der Waals surface area contributed by atoms with E-state index in [4.69, 9.17) is 4.74 Å². The second kappa shape index (κ2) is 13.0. The maximum absolute atomic E-state index is 12.8. The highest BCUT2D eigenvalue weighted by Gasteiger charge is 2.17. The lowest BCUT2D eigenvalue weighted by Crippen LogP contribution is -2.37. The number of rotatable bonds is 6. The molecule has 0 saturated heterocycles. The number of nitrogens with zero attached hydrogens (tertiary/aromatic N) is 2. The molecule has 0 aliphatic carbocycles. The van der Waals surface area contributed by atoms with Gasteiger partial charge in [0, 0.05) is 55.3 Å². The largest absolute Gasteiger partial charge is 0.493 e. The summed E-state index contributed by atoms with van der Waals surface area (Å²) in [5.74, 6) is 0.602. The van der Waals surface area contributed by atoms with E-state index in [9.17, 15) is 9.59 Å². The molecule has 1 aliphatic heterocycles. The van der Waals surface area contributed by atoms with Crippen molar-refractivity contribution in [2.24, 2.45) is 0 Å². The molecule has 7 nitrogen and oxygen atoms in total. The van der Waals surface area contributed by atoms with Gasteiger partial charge in [0.15, 0.2) is 0 Å². The molecule has 8 heteroatoms. The zero-order valence-corrected chi connectivity index (χ0v) is 20.7. The summed E-state index contributed by atoms with van der Waals surface area (Å²) in [5, 5.41) is 8.95. The third kappa shape index (κ3) is 7.90. The molecular weight excluding hydrogens is 460 g/mol. The lowest BCUT2D eigenvalue weighted by Gasteiger charge is -2.23. The van der Waals surface area contributed by atoms with Crippen LogP contribution in [-0.2, 0) is 24.3 Å². The number of nitrogens with one attached hydrogen (secondary N) is 2. The standard InChI is InChI=1S/C27H32N4O3S/c32-25-20-31(18-21-7-3-1-4-8-21)19-23-10-9-22(17-24(23)34-15-6-2-5-12-28-25)27(33)30-13-11-26-29-14-16-35-26/h1,3-4,7-10,14,16-17H,2,5-6,11-13,15,18-20H2,(H,28,32)(H,30,33). The Morgan fingerprint density at radius 1 is 1.11 bits per heavy atom. The van der Waals surface area contributed by atoms with Crippen LogP contribution in [0.3, 0.4) is 0 Å². The summed E-state index contributed by atoms with van der Waals surface area (Å²) in [5.41, 5.74) is 2.68. The summed E-state index contributed by atoms with van der Waals surface area (Å²) in [6.07, 6.45) is 5.27. The number of hydrogen-bond acceptors (Lipinski definition) is 6. The number of aromatic nitrogens is 1. The number of benzene rings is 2. The molecule has 1 aliphatic rings. The molecule has 0 spiro atoms. The van der Waals surface area contributed by atoms with Gasteiger partial charge in [0.1, 0.15) is 5.75 Å². The third-order valence-corrected chi connectivity index (χ3v) is 6.69. The number of thiazole rings is 1. The lowest BCUT2D eigenvalue weighted by molar-refractivity contribution is -0.122. The molecule has 2 aromatic carbocycles. The van der Waals surface area contributed by atoms with Crippen molar-refractivity contribution >= 4 is 23.2 Å². The molecule has 2 N–H and O–H groups in total. The van der Waals surface area contributed by atoms with E-state index in [-0.39, 0.29) is 11.8 Å². The van der Waals surface area contributed by atoms with Gasteiger partial charge in [-0.25, -0.2) is 4.98 Å². The van der Waals surface area contributed by atoms with Gasteiger partial charge in [0.2, 0.25) is 5.91 Å². The van der Waals surface area contributed by atoms with Gasteiger partial charge in [-0.2, -0.15) is 0 Å². The predicted molar refractivity (Wildman–Crippen MR) is 138 cm³/mol. The van der Waals surface area contributed by atoms with Crippen molar-refractivity contribution in [3.8, 4) is 5.75 Å². The van der Waals surface area contributed by atoms with E-state index < -0.39 is 0 Å². The van der Waals surface area contributed by atoms with Crippen molar-refractivity contribution in [2.45, 2.75) is 38.8 Å². The molecule has 0 radical (unpaired) electrons. The van der Waals surface area contributed by atoms with Crippen LogP contribution in [-0.4, -0.2) is 47.9 Å². The summed E-state index contributed by atoms with van der Waals surface area (Å²) in [7, 11) is 0. The Morgan fingerprint density at radius 2 is 2.00 bits per heavy atom. The molecule has 0 unspecified atom stereocenters. The van der Waals surface area contributed by atoms with Crippen LogP contribution in [0, 0.1) is 0 Å². The first-order valence-electron chi connectivity index (χ1n) is 12.1. The summed E-state index contributed by atoms with van der Waals surface area (Å²) in [6.45, 7) is 3.28. The average molecular weight is 493 g/mol. The van der Waals surface area contributed by atoms with Gasteiger partial charge in [0.25, 0.3) is 5.91 Å². The van der Waals surface area contributed by atoms with Crippen molar-refractivity contribution in [3.63, 3.8) is 0 Å². The Kier molecular flexibility index (Phi) is 9.25. The Morgan fingerprint density at radius 3 is 2.83 bits per heavy atom. The van der Waals surface area contributed by atoms with E-state index in [0.29, 0.717) is 57.1 Å². The number of ether oxygens (including phenoxy) is 1. The van der Waals surface area contributed by atoms with E-state index in [1.807, 2.05) is 41.8 Å².